The fourth-order valence-corrected chi connectivity index (χ4v) is 1.59. The second-order valence-electron chi connectivity index (χ2n) is 3.91. The molecule has 1 aromatic rings. The lowest BCUT2D eigenvalue weighted by atomic mass is 10.0. The van der Waals surface area contributed by atoms with Crippen molar-refractivity contribution in [2.45, 2.75) is 19.4 Å². The Kier molecular flexibility index (Phi) is 3.97. The van der Waals surface area contributed by atoms with Gasteiger partial charge in [0.1, 0.15) is 11.6 Å². The number of Topliss-reactive ketones (excluding diaryl/α,β-unsaturated/α-hetero) is 1. The van der Waals surface area contributed by atoms with Gasteiger partial charge in [0, 0.05) is 18.0 Å². The third-order valence-electron chi connectivity index (χ3n) is 2.37. The highest BCUT2D eigenvalue weighted by atomic mass is 19.1. The molecule has 0 aromatic heterocycles. The summed E-state index contributed by atoms with van der Waals surface area (Å²) in [5.41, 5.74) is 0.581. The topological polar surface area (TPSA) is 20.3 Å². The van der Waals surface area contributed by atoms with Gasteiger partial charge in [0.15, 0.2) is 0 Å². The second kappa shape index (κ2) is 5.03. The fraction of sp³-hybridized carbons (Fsp3) is 0.417. The standard InChI is InChI=1S/C12H16FNO/c1-9(15)8-12(14(2)3)10-6-4-5-7-11(10)13/h4-7,12H,8H2,1-3H3. The number of carbonyl (C=O) groups is 1. The van der Waals surface area contributed by atoms with Crippen LogP contribution in [-0.2, 0) is 4.79 Å². The summed E-state index contributed by atoms with van der Waals surface area (Å²) in [6, 6.07) is 6.41. The Balaban J connectivity index is 2.99. The lowest BCUT2D eigenvalue weighted by Crippen LogP contribution is -2.23. The molecule has 1 unspecified atom stereocenters. The highest BCUT2D eigenvalue weighted by Crippen LogP contribution is 2.24. The van der Waals surface area contributed by atoms with Gasteiger partial charge in [0.25, 0.3) is 0 Å². The first kappa shape index (κ1) is 11.9. The maximum Gasteiger partial charge on any atom is 0.131 e. The Morgan fingerprint density at radius 3 is 2.47 bits per heavy atom. The number of carbonyl (C=O) groups excluding carboxylic acids is 1. The Bertz CT molecular complexity index is 349. The Morgan fingerprint density at radius 2 is 2.00 bits per heavy atom. The van der Waals surface area contributed by atoms with Gasteiger partial charge in [0.2, 0.25) is 0 Å². The number of hydrogen-bond donors (Lipinski definition) is 0. The smallest absolute Gasteiger partial charge is 0.131 e. The van der Waals surface area contributed by atoms with E-state index < -0.39 is 0 Å². The van der Waals surface area contributed by atoms with Crippen molar-refractivity contribution in [2.24, 2.45) is 0 Å². The molecular weight excluding hydrogens is 193 g/mol. The van der Waals surface area contributed by atoms with Crippen LogP contribution in [0.25, 0.3) is 0 Å². The zero-order valence-corrected chi connectivity index (χ0v) is 9.33. The van der Waals surface area contributed by atoms with Crippen LogP contribution in [0.1, 0.15) is 24.9 Å². The molecule has 1 atom stereocenters. The molecule has 1 aromatic carbocycles. The Hall–Kier alpha value is -1.22. The van der Waals surface area contributed by atoms with Gasteiger partial charge in [-0.2, -0.15) is 0 Å². The third-order valence-corrected chi connectivity index (χ3v) is 2.37. The van der Waals surface area contributed by atoms with Crippen molar-refractivity contribution >= 4 is 5.78 Å². The van der Waals surface area contributed by atoms with E-state index >= 15 is 0 Å². The molecule has 0 N–H and O–H groups in total. The summed E-state index contributed by atoms with van der Waals surface area (Å²) in [5, 5.41) is 0. The molecule has 0 bridgehead atoms. The van der Waals surface area contributed by atoms with Crippen molar-refractivity contribution in [1.29, 1.82) is 0 Å². The Morgan fingerprint density at radius 1 is 1.40 bits per heavy atom. The number of benzene rings is 1. The molecule has 0 amide bonds. The number of ketones is 1. The van der Waals surface area contributed by atoms with Gasteiger partial charge < -0.3 is 4.90 Å². The van der Waals surface area contributed by atoms with Crippen molar-refractivity contribution in [1.82, 2.24) is 4.90 Å². The summed E-state index contributed by atoms with van der Waals surface area (Å²) in [4.78, 5) is 13.0. The second-order valence-corrected chi connectivity index (χ2v) is 3.91. The molecule has 2 nitrogen and oxygen atoms in total. The van der Waals surface area contributed by atoms with E-state index in [2.05, 4.69) is 0 Å². The van der Waals surface area contributed by atoms with E-state index in [0.717, 1.165) is 0 Å². The van der Waals surface area contributed by atoms with Gasteiger partial charge in [0.05, 0.1) is 0 Å². The van der Waals surface area contributed by atoms with E-state index in [9.17, 15) is 9.18 Å². The van der Waals surface area contributed by atoms with Gasteiger partial charge in [-0.25, -0.2) is 4.39 Å². The predicted octanol–water partition coefficient (Wildman–Crippen LogP) is 2.41. The van der Waals surface area contributed by atoms with E-state index in [4.69, 9.17) is 0 Å². The Labute approximate surface area is 89.7 Å². The van der Waals surface area contributed by atoms with Crippen LogP contribution in [0.5, 0.6) is 0 Å². The first-order valence-corrected chi connectivity index (χ1v) is 4.92. The van der Waals surface area contributed by atoms with Gasteiger partial charge in [-0.05, 0) is 27.1 Å². The maximum atomic E-state index is 13.5. The van der Waals surface area contributed by atoms with Crippen LogP contribution in [0, 0.1) is 5.82 Å². The normalized spacial score (nSPS) is 12.9. The van der Waals surface area contributed by atoms with Crippen molar-refractivity contribution in [2.75, 3.05) is 14.1 Å². The van der Waals surface area contributed by atoms with Crippen LogP contribution < -0.4 is 0 Å². The summed E-state index contributed by atoms with van der Waals surface area (Å²) in [6.45, 7) is 1.53. The van der Waals surface area contributed by atoms with Crippen LogP contribution in [0.2, 0.25) is 0 Å². The first-order chi connectivity index (χ1) is 7.02. The summed E-state index contributed by atoms with van der Waals surface area (Å²) in [7, 11) is 3.69. The van der Waals surface area contributed by atoms with Crippen LogP contribution in [0.15, 0.2) is 24.3 Å². The van der Waals surface area contributed by atoms with Crippen molar-refractivity contribution in [3.8, 4) is 0 Å². The lowest BCUT2D eigenvalue weighted by Gasteiger charge is -2.24. The first-order valence-electron chi connectivity index (χ1n) is 4.92. The molecule has 1 rings (SSSR count). The van der Waals surface area contributed by atoms with E-state index in [-0.39, 0.29) is 17.6 Å². The van der Waals surface area contributed by atoms with Gasteiger partial charge in [-0.15, -0.1) is 0 Å². The van der Waals surface area contributed by atoms with E-state index in [1.165, 1.54) is 13.0 Å². The molecule has 0 saturated heterocycles. The van der Waals surface area contributed by atoms with Crippen LogP contribution >= 0.6 is 0 Å². The third kappa shape index (κ3) is 3.13. The average molecular weight is 209 g/mol. The van der Waals surface area contributed by atoms with Gasteiger partial charge >= 0.3 is 0 Å². The predicted molar refractivity (Wildman–Crippen MR) is 58.1 cm³/mol. The van der Waals surface area contributed by atoms with Crippen LogP contribution in [0.4, 0.5) is 4.39 Å². The summed E-state index contributed by atoms with van der Waals surface area (Å²) in [5.74, 6) is -0.186. The minimum atomic E-state index is -0.252. The zero-order valence-electron chi connectivity index (χ0n) is 9.33. The molecule has 0 spiro atoms. The monoisotopic (exact) mass is 209 g/mol. The molecule has 3 heteroatoms. The number of halogens is 1. The molecule has 0 aliphatic rings. The average Bonchev–Trinajstić information content (AvgIpc) is 2.15. The fourth-order valence-electron chi connectivity index (χ4n) is 1.59. The molecule has 0 aliphatic heterocycles. The molecule has 0 saturated carbocycles. The number of nitrogens with zero attached hydrogens (tertiary/aromatic N) is 1. The van der Waals surface area contributed by atoms with Crippen molar-refractivity contribution < 1.29 is 9.18 Å². The molecule has 0 aliphatic carbocycles. The molecule has 0 heterocycles. The van der Waals surface area contributed by atoms with Gasteiger partial charge in [-0.1, -0.05) is 18.2 Å². The quantitative estimate of drug-likeness (QED) is 0.759. The van der Waals surface area contributed by atoms with Crippen LogP contribution in [0.3, 0.4) is 0 Å². The van der Waals surface area contributed by atoms with E-state index in [1.807, 2.05) is 19.0 Å². The molecule has 82 valence electrons. The van der Waals surface area contributed by atoms with E-state index in [1.54, 1.807) is 18.2 Å². The molecule has 0 radical (unpaired) electrons. The molecule has 15 heavy (non-hydrogen) atoms. The molecule has 0 fully saturated rings. The SMILES string of the molecule is CC(=O)CC(c1ccccc1F)N(C)C. The molecular formula is C12H16FNO. The van der Waals surface area contributed by atoms with Crippen molar-refractivity contribution in [3.63, 3.8) is 0 Å². The van der Waals surface area contributed by atoms with E-state index in [0.29, 0.717) is 12.0 Å². The van der Waals surface area contributed by atoms with Gasteiger partial charge in [-0.3, -0.25) is 4.79 Å². The summed E-state index contributed by atoms with van der Waals surface area (Å²) in [6.07, 6.45) is 0.341. The number of rotatable bonds is 4. The highest BCUT2D eigenvalue weighted by Gasteiger charge is 2.18. The largest absolute Gasteiger partial charge is 0.302 e. The minimum Gasteiger partial charge on any atom is -0.302 e. The maximum absolute atomic E-state index is 13.5. The number of hydrogen-bond acceptors (Lipinski definition) is 2. The summed E-state index contributed by atoms with van der Waals surface area (Å²) >= 11 is 0. The van der Waals surface area contributed by atoms with Crippen molar-refractivity contribution in [3.05, 3.63) is 35.6 Å². The summed E-state index contributed by atoms with van der Waals surface area (Å²) < 4.78 is 13.5. The zero-order chi connectivity index (χ0) is 11.4. The lowest BCUT2D eigenvalue weighted by molar-refractivity contribution is -0.118. The van der Waals surface area contributed by atoms with Crippen LogP contribution in [-0.4, -0.2) is 24.8 Å². The highest BCUT2D eigenvalue weighted by molar-refractivity contribution is 5.76. The minimum absolute atomic E-state index is 0.0666.